The van der Waals surface area contributed by atoms with Crippen LogP contribution in [0.25, 0.3) is 10.2 Å². The van der Waals surface area contributed by atoms with Crippen molar-refractivity contribution in [3.63, 3.8) is 0 Å². The van der Waals surface area contributed by atoms with Gasteiger partial charge in [-0.25, -0.2) is 13.4 Å². The molecule has 0 bridgehead atoms. The van der Waals surface area contributed by atoms with E-state index in [1.165, 1.54) is 14.6 Å². The molecule has 2 fully saturated rings. The Bertz CT molecular complexity index is 1310. The maximum atomic E-state index is 13.2. The van der Waals surface area contributed by atoms with Crippen molar-refractivity contribution in [3.8, 4) is 0 Å². The molecule has 0 aliphatic carbocycles. The number of thioether (sulfide) groups is 1. The van der Waals surface area contributed by atoms with Gasteiger partial charge in [-0.05, 0) is 68.0 Å². The molecule has 0 radical (unpaired) electrons. The van der Waals surface area contributed by atoms with Gasteiger partial charge in [0, 0.05) is 50.1 Å². The van der Waals surface area contributed by atoms with Gasteiger partial charge < -0.3 is 9.80 Å². The van der Waals surface area contributed by atoms with Gasteiger partial charge in [-0.2, -0.15) is 4.31 Å². The zero-order chi connectivity index (χ0) is 24.6. The van der Waals surface area contributed by atoms with Crippen LogP contribution in [0.1, 0.15) is 18.4 Å². The van der Waals surface area contributed by atoms with Crippen molar-refractivity contribution < 1.29 is 13.2 Å². The Hall–Kier alpha value is -2.14. The van der Waals surface area contributed by atoms with E-state index in [9.17, 15) is 13.2 Å². The highest BCUT2D eigenvalue weighted by Crippen LogP contribution is 2.31. The summed E-state index contributed by atoms with van der Waals surface area (Å²) >= 11 is 3.29. The Labute approximate surface area is 215 Å². The molecule has 3 heterocycles. The summed E-state index contributed by atoms with van der Waals surface area (Å²) in [4.78, 5) is 23.5. The maximum Gasteiger partial charge on any atom is 0.243 e. The molecule has 1 amide bonds. The molecular formula is C25H30N4O3S3. The number of hydrogen-bond donors (Lipinski definition) is 0. The first-order valence-corrected chi connectivity index (χ1v) is 15.4. The van der Waals surface area contributed by atoms with E-state index < -0.39 is 10.0 Å². The highest BCUT2D eigenvalue weighted by atomic mass is 32.2. The third-order valence-corrected chi connectivity index (χ3v) is 10.6. The summed E-state index contributed by atoms with van der Waals surface area (Å²) in [7, 11) is -3.53. The number of rotatable bonds is 5. The Morgan fingerprint density at radius 1 is 1.00 bits per heavy atom. The Kier molecular flexibility index (Phi) is 7.07. The van der Waals surface area contributed by atoms with E-state index >= 15 is 0 Å². The van der Waals surface area contributed by atoms with Crippen LogP contribution in [0, 0.1) is 12.8 Å². The number of piperidine rings is 1. The van der Waals surface area contributed by atoms with Crippen molar-refractivity contribution in [2.24, 2.45) is 5.92 Å². The number of piperazine rings is 1. The summed E-state index contributed by atoms with van der Waals surface area (Å²) in [5, 5.41) is 1.02. The molecule has 5 rings (SSSR count). The minimum atomic E-state index is -3.53. The van der Waals surface area contributed by atoms with Gasteiger partial charge in [-0.15, -0.1) is 11.8 Å². The molecule has 186 valence electrons. The number of aryl methyl sites for hydroxylation is 1. The predicted octanol–water partition coefficient (Wildman–Crippen LogP) is 4.08. The fourth-order valence-corrected chi connectivity index (χ4v) is 7.76. The van der Waals surface area contributed by atoms with Gasteiger partial charge >= 0.3 is 0 Å². The summed E-state index contributed by atoms with van der Waals surface area (Å²) in [6.45, 7) is 5.74. The van der Waals surface area contributed by atoms with E-state index in [0.717, 1.165) is 28.6 Å². The van der Waals surface area contributed by atoms with Gasteiger partial charge in [0.25, 0.3) is 0 Å². The number of fused-ring (bicyclic) bond motifs is 1. The second-order valence-corrected chi connectivity index (χ2v) is 13.0. The second-order valence-electron chi connectivity index (χ2n) is 9.13. The van der Waals surface area contributed by atoms with E-state index in [-0.39, 0.29) is 11.8 Å². The van der Waals surface area contributed by atoms with E-state index in [2.05, 4.69) is 30.0 Å². The molecule has 0 saturated carbocycles. The molecule has 3 aromatic rings. The Morgan fingerprint density at radius 2 is 1.69 bits per heavy atom. The van der Waals surface area contributed by atoms with Gasteiger partial charge in [0.15, 0.2) is 5.13 Å². The molecule has 2 aromatic carbocycles. The monoisotopic (exact) mass is 530 g/mol. The summed E-state index contributed by atoms with van der Waals surface area (Å²) < 4.78 is 28.8. The second kappa shape index (κ2) is 10.1. The van der Waals surface area contributed by atoms with Crippen LogP contribution < -0.4 is 4.90 Å². The number of benzene rings is 2. The largest absolute Gasteiger partial charge is 0.345 e. The first kappa shape index (κ1) is 24.5. The lowest BCUT2D eigenvalue weighted by Crippen LogP contribution is -2.52. The van der Waals surface area contributed by atoms with Crippen LogP contribution in [0.4, 0.5) is 5.13 Å². The average Bonchev–Trinajstić information content (AvgIpc) is 3.32. The standard InChI is InChI=1S/C25H30N4O3S3/c1-18-3-8-22-23(17-18)34-25(26-22)28-15-13-27(14-16-28)24(30)19-9-11-29(12-10-19)35(31,32)21-6-4-20(33-2)5-7-21/h3-8,17,19H,9-16H2,1-2H3. The number of thiazole rings is 1. The molecule has 7 nitrogen and oxygen atoms in total. The zero-order valence-electron chi connectivity index (χ0n) is 20.0. The van der Waals surface area contributed by atoms with E-state index in [0.29, 0.717) is 43.9 Å². The molecule has 0 atom stereocenters. The number of nitrogens with zero attached hydrogens (tertiary/aromatic N) is 4. The number of carbonyl (C=O) groups excluding carboxylic acids is 1. The van der Waals surface area contributed by atoms with E-state index in [4.69, 9.17) is 4.98 Å². The molecule has 10 heteroatoms. The number of amides is 1. The lowest BCUT2D eigenvalue weighted by atomic mass is 9.96. The molecule has 2 aliphatic rings. The number of sulfonamides is 1. The molecule has 35 heavy (non-hydrogen) atoms. The highest BCUT2D eigenvalue weighted by Gasteiger charge is 2.35. The predicted molar refractivity (Wildman–Crippen MR) is 143 cm³/mol. The van der Waals surface area contributed by atoms with Crippen molar-refractivity contribution in [1.82, 2.24) is 14.2 Å². The van der Waals surface area contributed by atoms with Crippen molar-refractivity contribution in [2.45, 2.75) is 29.6 Å². The Morgan fingerprint density at radius 3 is 2.34 bits per heavy atom. The smallest absolute Gasteiger partial charge is 0.243 e. The summed E-state index contributed by atoms with van der Waals surface area (Å²) in [6.07, 6.45) is 3.10. The first-order valence-electron chi connectivity index (χ1n) is 11.9. The molecule has 2 saturated heterocycles. The van der Waals surface area contributed by atoms with E-state index in [1.54, 1.807) is 35.2 Å². The average molecular weight is 531 g/mol. The fourth-order valence-electron chi connectivity index (χ4n) is 4.77. The Balaban J connectivity index is 1.15. The summed E-state index contributed by atoms with van der Waals surface area (Å²) in [5.74, 6) is 0.0447. The van der Waals surface area contributed by atoms with Gasteiger partial charge in [0.2, 0.25) is 15.9 Å². The summed E-state index contributed by atoms with van der Waals surface area (Å²) in [6, 6.07) is 13.3. The molecule has 2 aliphatic heterocycles. The quantitative estimate of drug-likeness (QED) is 0.463. The van der Waals surface area contributed by atoms with E-state index in [1.807, 2.05) is 23.3 Å². The highest BCUT2D eigenvalue weighted by molar-refractivity contribution is 7.98. The van der Waals surface area contributed by atoms with Crippen LogP contribution in [0.3, 0.4) is 0 Å². The van der Waals surface area contributed by atoms with Crippen molar-refractivity contribution in [3.05, 3.63) is 48.0 Å². The molecule has 1 aromatic heterocycles. The van der Waals surface area contributed by atoms with Crippen molar-refractivity contribution in [2.75, 3.05) is 50.4 Å². The third kappa shape index (κ3) is 5.07. The number of hydrogen-bond acceptors (Lipinski definition) is 7. The number of carbonyl (C=O) groups is 1. The molecular weight excluding hydrogens is 501 g/mol. The van der Waals surface area contributed by atoms with Crippen LogP contribution in [0.2, 0.25) is 0 Å². The fraction of sp³-hybridized carbons (Fsp3) is 0.440. The van der Waals surface area contributed by atoms with Gasteiger partial charge in [0.05, 0.1) is 15.1 Å². The number of aromatic nitrogens is 1. The SMILES string of the molecule is CSc1ccc(S(=O)(=O)N2CCC(C(=O)N3CCN(c4nc5ccc(C)cc5s4)CC3)CC2)cc1. The minimum absolute atomic E-state index is 0.114. The molecule has 0 spiro atoms. The number of anilines is 1. The molecule has 0 N–H and O–H groups in total. The first-order chi connectivity index (χ1) is 16.8. The van der Waals surface area contributed by atoms with Gasteiger partial charge in [-0.1, -0.05) is 17.4 Å². The summed E-state index contributed by atoms with van der Waals surface area (Å²) in [5.41, 5.74) is 2.26. The minimum Gasteiger partial charge on any atom is -0.345 e. The molecule has 0 unspecified atom stereocenters. The lowest BCUT2D eigenvalue weighted by molar-refractivity contribution is -0.137. The third-order valence-electron chi connectivity index (χ3n) is 6.89. The van der Waals surface area contributed by atoms with Crippen LogP contribution in [0.5, 0.6) is 0 Å². The maximum absolute atomic E-state index is 13.2. The zero-order valence-corrected chi connectivity index (χ0v) is 22.5. The van der Waals surface area contributed by atoms with Gasteiger partial charge in [0.1, 0.15) is 0 Å². The normalized spacial score (nSPS) is 18.3. The van der Waals surface area contributed by atoms with Crippen LogP contribution >= 0.6 is 23.1 Å². The van der Waals surface area contributed by atoms with Crippen LogP contribution in [-0.2, 0) is 14.8 Å². The van der Waals surface area contributed by atoms with Crippen molar-refractivity contribution >= 4 is 54.4 Å². The van der Waals surface area contributed by atoms with Crippen LogP contribution in [0.15, 0.2) is 52.3 Å². The topological polar surface area (TPSA) is 73.8 Å². The van der Waals surface area contributed by atoms with Gasteiger partial charge in [-0.3, -0.25) is 4.79 Å². The van der Waals surface area contributed by atoms with Crippen LogP contribution in [-0.4, -0.2) is 74.0 Å². The lowest BCUT2D eigenvalue weighted by Gasteiger charge is -2.38. The van der Waals surface area contributed by atoms with Crippen molar-refractivity contribution in [1.29, 1.82) is 0 Å².